The molecule has 0 aliphatic heterocycles. The van der Waals surface area contributed by atoms with Gasteiger partial charge in [-0.25, -0.2) is 0 Å². The van der Waals surface area contributed by atoms with Gasteiger partial charge in [-0.05, 0) is 49.3 Å². The van der Waals surface area contributed by atoms with Crippen LogP contribution in [-0.4, -0.2) is 21.4 Å². The molecule has 0 amide bonds. The summed E-state index contributed by atoms with van der Waals surface area (Å²) < 4.78 is 0.880. The van der Waals surface area contributed by atoms with Crippen molar-refractivity contribution < 1.29 is 10.0 Å². The molecular formula is C13H13N3O2. The van der Waals surface area contributed by atoms with E-state index in [0.29, 0.717) is 22.3 Å². The summed E-state index contributed by atoms with van der Waals surface area (Å²) in [4.78, 5) is 11.5. The number of carbonyl (C=O) groups is 1. The number of allylic oxidation sites excluding steroid dienone is 4. The summed E-state index contributed by atoms with van der Waals surface area (Å²) in [6.07, 6.45) is 4.80. The van der Waals surface area contributed by atoms with Crippen molar-refractivity contribution in [3.05, 3.63) is 53.2 Å². The van der Waals surface area contributed by atoms with E-state index < -0.39 is 0 Å². The fourth-order valence-electron chi connectivity index (χ4n) is 1.60. The molecule has 92 valence electrons. The predicted molar refractivity (Wildman–Crippen MR) is 67.1 cm³/mol. The molecule has 1 aromatic rings. The van der Waals surface area contributed by atoms with Crippen LogP contribution in [-0.2, 0) is 4.79 Å². The first-order valence-electron chi connectivity index (χ1n) is 5.48. The Morgan fingerprint density at radius 2 is 1.78 bits per heavy atom. The number of pyridine rings is 1. The van der Waals surface area contributed by atoms with Crippen LogP contribution < -0.4 is 5.49 Å². The van der Waals surface area contributed by atoms with Crippen molar-refractivity contribution in [3.63, 3.8) is 0 Å². The molecule has 0 fully saturated rings. The topological polar surface area (TPSA) is 66.9 Å². The van der Waals surface area contributed by atoms with Crippen LogP contribution in [0.4, 0.5) is 0 Å². The van der Waals surface area contributed by atoms with Gasteiger partial charge >= 0.3 is 0 Å². The Morgan fingerprint density at radius 1 is 1.11 bits per heavy atom. The molecular weight excluding hydrogens is 230 g/mol. The van der Waals surface area contributed by atoms with E-state index in [1.54, 1.807) is 44.2 Å². The monoisotopic (exact) mass is 243 g/mol. The van der Waals surface area contributed by atoms with Crippen LogP contribution in [0, 0.1) is 0 Å². The summed E-state index contributed by atoms with van der Waals surface area (Å²) in [7, 11) is 0. The van der Waals surface area contributed by atoms with E-state index >= 15 is 0 Å². The molecule has 0 radical (unpaired) electrons. The first-order chi connectivity index (χ1) is 8.58. The number of Topliss-reactive ketones (excluding diaryl/α,β-unsaturated/α-hetero) is 1. The highest BCUT2D eigenvalue weighted by Crippen LogP contribution is 2.12. The van der Waals surface area contributed by atoms with Gasteiger partial charge in [0.1, 0.15) is 0 Å². The Balaban J connectivity index is 2.40. The molecule has 0 bridgehead atoms. The zero-order valence-electron chi connectivity index (χ0n) is 10.2. The zero-order valence-corrected chi connectivity index (χ0v) is 10.2. The van der Waals surface area contributed by atoms with Gasteiger partial charge in [0.25, 0.3) is 0 Å². The molecule has 0 saturated heterocycles. The second kappa shape index (κ2) is 4.83. The number of carbonyl (C=O) groups excluding carboxylic acids is 1. The van der Waals surface area contributed by atoms with Gasteiger partial charge in [0.15, 0.2) is 11.3 Å². The van der Waals surface area contributed by atoms with E-state index in [4.69, 9.17) is 0 Å². The Hall–Kier alpha value is -2.43. The van der Waals surface area contributed by atoms with Crippen LogP contribution in [0.1, 0.15) is 13.8 Å². The van der Waals surface area contributed by atoms with Crippen molar-refractivity contribution in [2.75, 3.05) is 0 Å². The van der Waals surface area contributed by atoms with Crippen molar-refractivity contribution in [2.24, 2.45) is 10.2 Å². The van der Waals surface area contributed by atoms with Gasteiger partial charge in [-0.3, -0.25) is 4.79 Å². The molecule has 1 N–H and O–H groups in total. The van der Waals surface area contributed by atoms with Crippen LogP contribution in [0.15, 0.2) is 57.9 Å². The minimum absolute atomic E-state index is 0.0193. The van der Waals surface area contributed by atoms with Gasteiger partial charge in [-0.1, -0.05) is 6.07 Å². The van der Waals surface area contributed by atoms with Crippen LogP contribution in [0.2, 0.25) is 0 Å². The molecule has 5 nitrogen and oxygen atoms in total. The highest BCUT2D eigenvalue weighted by atomic mass is 16.5. The van der Waals surface area contributed by atoms with Crippen molar-refractivity contribution >= 4 is 11.5 Å². The molecule has 1 aliphatic rings. The second-order valence-electron chi connectivity index (χ2n) is 4.01. The number of hydrogen-bond acceptors (Lipinski definition) is 4. The molecule has 0 atom stereocenters. The number of ketones is 1. The lowest BCUT2D eigenvalue weighted by atomic mass is 9.98. The van der Waals surface area contributed by atoms with E-state index in [0.717, 1.165) is 4.73 Å². The van der Waals surface area contributed by atoms with Crippen LogP contribution in [0.25, 0.3) is 0 Å². The van der Waals surface area contributed by atoms with E-state index in [2.05, 4.69) is 10.2 Å². The molecule has 18 heavy (non-hydrogen) atoms. The van der Waals surface area contributed by atoms with Crippen molar-refractivity contribution in [3.8, 4) is 0 Å². The molecule has 1 heterocycles. The lowest BCUT2D eigenvalue weighted by Gasteiger charge is -2.07. The Morgan fingerprint density at radius 3 is 2.39 bits per heavy atom. The highest BCUT2D eigenvalue weighted by Gasteiger charge is 2.13. The van der Waals surface area contributed by atoms with Crippen molar-refractivity contribution in [1.29, 1.82) is 0 Å². The lowest BCUT2D eigenvalue weighted by molar-refractivity contribution is -0.112. The summed E-state index contributed by atoms with van der Waals surface area (Å²) in [6.45, 7) is 3.48. The fraction of sp³-hybridized carbons (Fsp3) is 0.154. The van der Waals surface area contributed by atoms with Gasteiger partial charge in [0.2, 0.25) is 0 Å². The van der Waals surface area contributed by atoms with Crippen LogP contribution in [0.5, 0.6) is 0 Å². The standard InChI is InChI=1S/C13H13N3O2/c1-9-7-11(8-10(2)13(9)17)14-15-12-5-3-4-6-16(12)18/h3-8,18H,1-2H3. The average molecular weight is 243 g/mol. The van der Waals surface area contributed by atoms with Crippen molar-refractivity contribution in [1.82, 2.24) is 4.73 Å². The Kier molecular flexibility index (Phi) is 3.23. The first-order valence-corrected chi connectivity index (χ1v) is 5.48. The number of rotatable bonds is 1. The van der Waals surface area contributed by atoms with Gasteiger partial charge < -0.3 is 5.21 Å². The molecule has 2 rings (SSSR count). The van der Waals surface area contributed by atoms with Gasteiger partial charge in [-0.2, -0.15) is 4.73 Å². The fourth-order valence-corrected chi connectivity index (χ4v) is 1.60. The normalized spacial score (nSPS) is 16.4. The minimum Gasteiger partial charge on any atom is -0.427 e. The SMILES string of the molecule is CC1=CC(=NN=c2ccccn2O)C=C(C)C1=O. The Labute approximate surface area is 104 Å². The Bertz CT molecular complexity index is 624. The van der Waals surface area contributed by atoms with Gasteiger partial charge in [-0.15, -0.1) is 10.2 Å². The summed E-state index contributed by atoms with van der Waals surface area (Å²) in [5, 5.41) is 17.4. The van der Waals surface area contributed by atoms with Crippen LogP contribution >= 0.6 is 0 Å². The third kappa shape index (κ3) is 2.45. The molecule has 0 spiro atoms. The number of hydrogen-bond donors (Lipinski definition) is 1. The second-order valence-corrected chi connectivity index (χ2v) is 4.01. The molecule has 5 heteroatoms. The highest BCUT2D eigenvalue weighted by molar-refractivity contribution is 6.21. The molecule has 1 aromatic heterocycles. The van der Waals surface area contributed by atoms with E-state index in [9.17, 15) is 10.0 Å². The maximum atomic E-state index is 11.5. The quantitative estimate of drug-likeness (QED) is 0.461. The van der Waals surface area contributed by atoms with Crippen LogP contribution in [0.3, 0.4) is 0 Å². The average Bonchev–Trinajstić information content (AvgIpc) is 2.35. The van der Waals surface area contributed by atoms with Crippen molar-refractivity contribution in [2.45, 2.75) is 13.8 Å². The first kappa shape index (κ1) is 12.0. The zero-order chi connectivity index (χ0) is 13.1. The van der Waals surface area contributed by atoms with Gasteiger partial charge in [0, 0.05) is 6.20 Å². The molecule has 0 saturated carbocycles. The largest absolute Gasteiger partial charge is 0.427 e. The summed E-state index contributed by atoms with van der Waals surface area (Å²) >= 11 is 0. The number of nitrogens with zero attached hydrogens (tertiary/aromatic N) is 3. The maximum absolute atomic E-state index is 11.5. The maximum Gasteiger partial charge on any atom is 0.189 e. The molecule has 0 unspecified atom stereocenters. The summed E-state index contributed by atoms with van der Waals surface area (Å²) in [5.74, 6) is 0.0193. The predicted octanol–water partition coefficient (Wildman–Crippen LogP) is 1.46. The minimum atomic E-state index is 0.0193. The smallest absolute Gasteiger partial charge is 0.189 e. The number of aromatic nitrogens is 1. The van der Waals surface area contributed by atoms with E-state index in [-0.39, 0.29) is 5.78 Å². The summed E-state index contributed by atoms with van der Waals surface area (Å²) in [5.41, 5.74) is 2.18. The van der Waals surface area contributed by atoms with E-state index in [1.165, 1.54) is 6.20 Å². The van der Waals surface area contributed by atoms with Gasteiger partial charge in [0.05, 0.1) is 5.71 Å². The third-order valence-corrected chi connectivity index (χ3v) is 2.53. The third-order valence-electron chi connectivity index (χ3n) is 2.53. The summed E-state index contributed by atoms with van der Waals surface area (Å²) in [6, 6.07) is 5.06. The molecule has 0 aromatic carbocycles. The lowest BCUT2D eigenvalue weighted by Crippen LogP contribution is -2.16. The van der Waals surface area contributed by atoms with E-state index in [1.807, 2.05) is 0 Å². The molecule has 1 aliphatic carbocycles.